The van der Waals surface area contributed by atoms with Crippen molar-refractivity contribution in [2.24, 2.45) is 5.73 Å². The zero-order valence-electron chi connectivity index (χ0n) is 10.1. The number of halogens is 3. The van der Waals surface area contributed by atoms with E-state index in [1.54, 1.807) is 12.1 Å². The summed E-state index contributed by atoms with van der Waals surface area (Å²) in [7, 11) is 0. The Kier molecular flexibility index (Phi) is 3.92. The highest BCUT2D eigenvalue weighted by atomic mass is 19.4. The molecule has 1 atom stereocenters. The summed E-state index contributed by atoms with van der Waals surface area (Å²) in [6.45, 7) is 1.87. The normalized spacial score (nSPS) is 19.1. The number of benzene rings is 1. The second-order valence-corrected chi connectivity index (χ2v) is 4.58. The minimum absolute atomic E-state index is 0.215. The molecule has 1 fully saturated rings. The first-order chi connectivity index (χ1) is 8.54. The lowest BCUT2D eigenvalue weighted by molar-refractivity contribution is -0.138. The number of alkyl halides is 3. The highest BCUT2D eigenvalue weighted by Crippen LogP contribution is 2.36. The van der Waals surface area contributed by atoms with E-state index in [2.05, 4.69) is 0 Å². The maximum atomic E-state index is 13.0. The van der Waals surface area contributed by atoms with Crippen LogP contribution >= 0.6 is 0 Å². The topological polar surface area (TPSA) is 29.3 Å². The van der Waals surface area contributed by atoms with Crippen LogP contribution in [0.15, 0.2) is 24.3 Å². The first kappa shape index (κ1) is 13.4. The van der Waals surface area contributed by atoms with E-state index in [0.29, 0.717) is 5.56 Å². The molecule has 100 valence electrons. The molecule has 0 saturated carbocycles. The molecule has 18 heavy (non-hydrogen) atoms. The van der Waals surface area contributed by atoms with E-state index in [0.717, 1.165) is 32.0 Å². The van der Waals surface area contributed by atoms with Gasteiger partial charge in [0.1, 0.15) is 0 Å². The summed E-state index contributed by atoms with van der Waals surface area (Å²) in [6, 6.07) is 5.41. The van der Waals surface area contributed by atoms with E-state index in [-0.39, 0.29) is 12.6 Å². The van der Waals surface area contributed by atoms with Gasteiger partial charge < -0.3 is 5.73 Å². The Morgan fingerprint density at radius 3 is 2.33 bits per heavy atom. The van der Waals surface area contributed by atoms with E-state index in [1.165, 1.54) is 6.07 Å². The summed E-state index contributed by atoms with van der Waals surface area (Å²) < 4.78 is 38.9. The molecule has 2 nitrogen and oxygen atoms in total. The SMILES string of the molecule is NCC(c1ccccc1C(F)(F)F)N1CCCC1. The zero-order chi connectivity index (χ0) is 13.2. The molecular formula is C13H17F3N2. The van der Waals surface area contributed by atoms with Crippen LogP contribution in [0.3, 0.4) is 0 Å². The van der Waals surface area contributed by atoms with E-state index < -0.39 is 11.7 Å². The molecule has 1 aromatic rings. The molecule has 0 bridgehead atoms. The van der Waals surface area contributed by atoms with Crippen molar-refractivity contribution < 1.29 is 13.2 Å². The van der Waals surface area contributed by atoms with Gasteiger partial charge in [-0.1, -0.05) is 18.2 Å². The molecule has 0 amide bonds. The van der Waals surface area contributed by atoms with Crippen LogP contribution in [0.1, 0.15) is 30.0 Å². The van der Waals surface area contributed by atoms with Crippen molar-refractivity contribution in [3.05, 3.63) is 35.4 Å². The second kappa shape index (κ2) is 5.28. The minimum Gasteiger partial charge on any atom is -0.329 e. The van der Waals surface area contributed by atoms with Crippen LogP contribution in [-0.4, -0.2) is 24.5 Å². The van der Waals surface area contributed by atoms with Crippen molar-refractivity contribution in [3.63, 3.8) is 0 Å². The van der Waals surface area contributed by atoms with Crippen molar-refractivity contribution in [1.82, 2.24) is 4.90 Å². The minimum atomic E-state index is -4.32. The van der Waals surface area contributed by atoms with Crippen LogP contribution < -0.4 is 5.73 Å². The van der Waals surface area contributed by atoms with Gasteiger partial charge in [-0.05, 0) is 37.6 Å². The van der Waals surface area contributed by atoms with Crippen LogP contribution in [0, 0.1) is 0 Å². The Morgan fingerprint density at radius 1 is 1.17 bits per heavy atom. The molecule has 5 heteroatoms. The van der Waals surface area contributed by atoms with Gasteiger partial charge in [-0.2, -0.15) is 13.2 Å². The third-order valence-electron chi connectivity index (χ3n) is 3.43. The smallest absolute Gasteiger partial charge is 0.329 e. The van der Waals surface area contributed by atoms with E-state index in [1.807, 2.05) is 4.90 Å². The summed E-state index contributed by atoms with van der Waals surface area (Å²) in [4.78, 5) is 2.05. The van der Waals surface area contributed by atoms with Crippen molar-refractivity contribution in [2.75, 3.05) is 19.6 Å². The average Bonchev–Trinajstić information content (AvgIpc) is 2.83. The predicted octanol–water partition coefficient (Wildman–Crippen LogP) is 2.80. The van der Waals surface area contributed by atoms with Gasteiger partial charge in [0.05, 0.1) is 5.56 Å². The second-order valence-electron chi connectivity index (χ2n) is 4.58. The summed E-state index contributed by atoms with van der Waals surface area (Å²) in [5.41, 5.74) is 5.43. The lowest BCUT2D eigenvalue weighted by atomic mass is 9.99. The first-order valence-corrected chi connectivity index (χ1v) is 6.14. The fourth-order valence-corrected chi connectivity index (χ4v) is 2.57. The van der Waals surface area contributed by atoms with Gasteiger partial charge in [-0.15, -0.1) is 0 Å². The molecule has 1 aromatic carbocycles. The maximum absolute atomic E-state index is 13.0. The number of hydrogen-bond donors (Lipinski definition) is 1. The maximum Gasteiger partial charge on any atom is 0.416 e. The van der Waals surface area contributed by atoms with Crippen LogP contribution in [0.4, 0.5) is 13.2 Å². The molecule has 1 unspecified atom stereocenters. The molecule has 0 radical (unpaired) electrons. The number of hydrogen-bond acceptors (Lipinski definition) is 2. The van der Waals surface area contributed by atoms with Crippen molar-refractivity contribution in [3.8, 4) is 0 Å². The Labute approximate surface area is 105 Å². The van der Waals surface area contributed by atoms with Crippen LogP contribution in [0.2, 0.25) is 0 Å². The van der Waals surface area contributed by atoms with E-state index in [9.17, 15) is 13.2 Å². The third kappa shape index (κ3) is 2.67. The summed E-state index contributed by atoms with van der Waals surface area (Å²) in [6.07, 6.45) is -2.25. The first-order valence-electron chi connectivity index (χ1n) is 6.14. The summed E-state index contributed by atoms with van der Waals surface area (Å²) in [5, 5.41) is 0. The number of nitrogens with two attached hydrogens (primary N) is 1. The Morgan fingerprint density at radius 2 is 1.78 bits per heavy atom. The Balaban J connectivity index is 2.35. The van der Waals surface area contributed by atoms with Gasteiger partial charge >= 0.3 is 6.18 Å². The Hall–Kier alpha value is -1.07. The van der Waals surface area contributed by atoms with Crippen LogP contribution in [0.5, 0.6) is 0 Å². The van der Waals surface area contributed by atoms with Crippen LogP contribution in [-0.2, 0) is 6.18 Å². The van der Waals surface area contributed by atoms with Crippen LogP contribution in [0.25, 0.3) is 0 Å². The largest absolute Gasteiger partial charge is 0.416 e. The van der Waals surface area contributed by atoms with Crippen molar-refractivity contribution in [1.29, 1.82) is 0 Å². The van der Waals surface area contributed by atoms with Gasteiger partial charge in [0.25, 0.3) is 0 Å². The van der Waals surface area contributed by atoms with Gasteiger partial charge in [-0.25, -0.2) is 0 Å². The molecule has 0 spiro atoms. The summed E-state index contributed by atoms with van der Waals surface area (Å²) >= 11 is 0. The van der Waals surface area contributed by atoms with E-state index >= 15 is 0 Å². The number of likely N-dealkylation sites (tertiary alicyclic amines) is 1. The average molecular weight is 258 g/mol. The molecule has 1 aliphatic heterocycles. The zero-order valence-corrected chi connectivity index (χ0v) is 10.1. The third-order valence-corrected chi connectivity index (χ3v) is 3.43. The highest BCUT2D eigenvalue weighted by molar-refractivity contribution is 5.32. The van der Waals surface area contributed by atoms with Gasteiger partial charge in [-0.3, -0.25) is 4.90 Å². The molecule has 2 N–H and O–H groups in total. The molecule has 1 aliphatic rings. The van der Waals surface area contributed by atoms with Gasteiger partial charge in [0, 0.05) is 12.6 Å². The lowest BCUT2D eigenvalue weighted by Crippen LogP contribution is -2.32. The summed E-state index contributed by atoms with van der Waals surface area (Å²) in [5.74, 6) is 0. The fraction of sp³-hybridized carbons (Fsp3) is 0.538. The molecule has 1 saturated heterocycles. The van der Waals surface area contributed by atoms with Gasteiger partial charge in [0.15, 0.2) is 0 Å². The quantitative estimate of drug-likeness (QED) is 0.903. The molecule has 0 aromatic heterocycles. The highest BCUT2D eigenvalue weighted by Gasteiger charge is 2.36. The monoisotopic (exact) mass is 258 g/mol. The van der Waals surface area contributed by atoms with Crippen molar-refractivity contribution >= 4 is 0 Å². The molecule has 1 heterocycles. The fourth-order valence-electron chi connectivity index (χ4n) is 2.57. The van der Waals surface area contributed by atoms with Gasteiger partial charge in [0.2, 0.25) is 0 Å². The Bertz CT molecular complexity index is 397. The number of nitrogens with zero attached hydrogens (tertiary/aromatic N) is 1. The molecular weight excluding hydrogens is 241 g/mol. The lowest BCUT2D eigenvalue weighted by Gasteiger charge is -2.28. The van der Waals surface area contributed by atoms with E-state index in [4.69, 9.17) is 5.73 Å². The standard InChI is InChI=1S/C13H17F3N2/c14-13(15,16)11-6-2-1-5-10(11)12(9-17)18-7-3-4-8-18/h1-2,5-6,12H,3-4,7-9,17H2. The van der Waals surface area contributed by atoms with Crippen molar-refractivity contribution in [2.45, 2.75) is 25.1 Å². The molecule has 0 aliphatic carbocycles. The number of rotatable bonds is 3. The predicted molar refractivity (Wildman–Crippen MR) is 64.0 cm³/mol. The molecule has 2 rings (SSSR count).